The Labute approximate surface area is 197 Å². The summed E-state index contributed by atoms with van der Waals surface area (Å²) >= 11 is 0. The zero-order valence-corrected chi connectivity index (χ0v) is 18.8. The van der Waals surface area contributed by atoms with Crippen LogP contribution in [-0.2, 0) is 19.1 Å². The maximum absolute atomic E-state index is 12.6. The Morgan fingerprint density at radius 2 is 1.71 bits per heavy atom. The van der Waals surface area contributed by atoms with Gasteiger partial charge in [-0.25, -0.2) is 9.59 Å². The lowest BCUT2D eigenvalue weighted by Gasteiger charge is -2.20. The van der Waals surface area contributed by atoms with Crippen LogP contribution in [0.2, 0.25) is 0 Å². The molecule has 9 nitrogen and oxygen atoms in total. The van der Waals surface area contributed by atoms with Gasteiger partial charge >= 0.3 is 12.1 Å². The minimum atomic E-state index is -1.21. The molecule has 2 amide bonds. The number of unbranched alkanes of at least 4 members (excludes halogenated alkanes) is 1. The molecular formula is C25H27N3O6. The summed E-state index contributed by atoms with van der Waals surface area (Å²) in [6.07, 6.45) is -1.18. The minimum absolute atomic E-state index is 0.0944. The number of carboxylic acids is 1. The van der Waals surface area contributed by atoms with Crippen LogP contribution >= 0.6 is 0 Å². The molecule has 0 radical (unpaired) electrons. The second-order valence-corrected chi connectivity index (χ2v) is 7.88. The van der Waals surface area contributed by atoms with Crippen LogP contribution < -0.4 is 10.6 Å². The van der Waals surface area contributed by atoms with Gasteiger partial charge in [-0.15, -0.1) is 0 Å². The number of nitrogens with zero attached hydrogens (tertiary/aromatic N) is 1. The number of nitriles is 1. The number of amides is 2. The van der Waals surface area contributed by atoms with E-state index in [0.29, 0.717) is 6.42 Å². The SMILES string of the molecule is COC(CNC(=O)C(CCCC#N)NC(=O)OCC1c2ccccc2-c2ccccc21)C(=O)O. The Morgan fingerprint density at radius 3 is 2.26 bits per heavy atom. The van der Waals surface area contributed by atoms with Crippen molar-refractivity contribution >= 4 is 18.0 Å². The number of fused-ring (bicyclic) bond motifs is 3. The molecule has 0 saturated carbocycles. The standard InChI is InChI=1S/C25H27N3O6/c1-33-22(24(30)31)14-27-23(29)21(12-6-7-13-26)28-25(32)34-15-20-18-10-4-2-8-16(18)17-9-3-5-11-19(17)20/h2-5,8-11,20-22H,6-7,12,14-15H2,1H3,(H,27,29)(H,28,32)(H,30,31). The molecule has 3 N–H and O–H groups in total. The maximum atomic E-state index is 12.6. The quantitative estimate of drug-likeness (QED) is 0.434. The zero-order chi connectivity index (χ0) is 24.5. The molecule has 2 atom stereocenters. The zero-order valence-electron chi connectivity index (χ0n) is 18.8. The Bertz CT molecular complexity index is 1030. The van der Waals surface area contributed by atoms with E-state index in [-0.39, 0.29) is 31.9 Å². The number of carbonyl (C=O) groups is 3. The number of aliphatic carboxylic acids is 1. The fourth-order valence-corrected chi connectivity index (χ4v) is 4.02. The number of carbonyl (C=O) groups excluding carboxylic acids is 2. The molecule has 34 heavy (non-hydrogen) atoms. The monoisotopic (exact) mass is 465 g/mol. The van der Waals surface area contributed by atoms with Crippen molar-refractivity contribution in [2.75, 3.05) is 20.3 Å². The number of hydrogen-bond donors (Lipinski definition) is 3. The summed E-state index contributed by atoms with van der Waals surface area (Å²) in [7, 11) is 1.23. The molecule has 2 aromatic rings. The first-order chi connectivity index (χ1) is 16.5. The van der Waals surface area contributed by atoms with Gasteiger partial charge in [0.2, 0.25) is 5.91 Å². The van der Waals surface area contributed by atoms with Crippen molar-refractivity contribution in [3.63, 3.8) is 0 Å². The average Bonchev–Trinajstić information content (AvgIpc) is 3.16. The van der Waals surface area contributed by atoms with Crippen molar-refractivity contribution < 1.29 is 29.0 Å². The molecule has 9 heteroatoms. The van der Waals surface area contributed by atoms with Crippen molar-refractivity contribution in [2.24, 2.45) is 0 Å². The van der Waals surface area contributed by atoms with Gasteiger partial charge in [0.15, 0.2) is 6.10 Å². The van der Waals surface area contributed by atoms with E-state index >= 15 is 0 Å². The van der Waals surface area contributed by atoms with Crippen LogP contribution in [0.15, 0.2) is 48.5 Å². The topological polar surface area (TPSA) is 138 Å². The van der Waals surface area contributed by atoms with E-state index in [0.717, 1.165) is 22.3 Å². The molecule has 2 aromatic carbocycles. The van der Waals surface area contributed by atoms with E-state index < -0.39 is 30.1 Å². The Hall–Kier alpha value is -3.90. The van der Waals surface area contributed by atoms with Gasteiger partial charge in [0.05, 0.1) is 12.6 Å². The highest BCUT2D eigenvalue weighted by Crippen LogP contribution is 2.44. The third-order valence-electron chi connectivity index (χ3n) is 5.76. The van der Waals surface area contributed by atoms with Crippen molar-refractivity contribution in [1.82, 2.24) is 10.6 Å². The number of nitrogens with one attached hydrogen (secondary N) is 2. The highest BCUT2D eigenvalue weighted by Gasteiger charge is 2.30. The smallest absolute Gasteiger partial charge is 0.407 e. The summed E-state index contributed by atoms with van der Waals surface area (Å²) in [6, 6.07) is 16.9. The third-order valence-corrected chi connectivity index (χ3v) is 5.76. The molecule has 0 saturated heterocycles. The molecule has 0 spiro atoms. The van der Waals surface area contributed by atoms with Crippen LogP contribution in [0.4, 0.5) is 4.79 Å². The van der Waals surface area contributed by atoms with E-state index in [1.54, 1.807) is 0 Å². The fourth-order valence-electron chi connectivity index (χ4n) is 4.02. The number of carboxylic acid groups (broad SMARTS) is 1. The maximum Gasteiger partial charge on any atom is 0.407 e. The van der Waals surface area contributed by atoms with Gasteiger partial charge in [0, 0.05) is 19.4 Å². The predicted molar refractivity (Wildman–Crippen MR) is 123 cm³/mol. The lowest BCUT2D eigenvalue weighted by molar-refractivity contribution is -0.148. The van der Waals surface area contributed by atoms with Gasteiger partial charge < -0.3 is 25.2 Å². The normalized spacial score (nSPS) is 13.6. The molecule has 0 aromatic heterocycles. The molecule has 0 heterocycles. The van der Waals surface area contributed by atoms with Crippen molar-refractivity contribution in [2.45, 2.75) is 37.3 Å². The number of ether oxygens (including phenoxy) is 2. The van der Waals surface area contributed by atoms with Gasteiger partial charge in [-0.2, -0.15) is 5.26 Å². The number of rotatable bonds is 11. The fraction of sp³-hybridized carbons (Fsp3) is 0.360. The second-order valence-electron chi connectivity index (χ2n) is 7.88. The van der Waals surface area contributed by atoms with E-state index in [9.17, 15) is 14.4 Å². The first kappa shape index (κ1) is 24.7. The lowest BCUT2D eigenvalue weighted by atomic mass is 9.98. The summed E-state index contributed by atoms with van der Waals surface area (Å²) in [5.41, 5.74) is 4.34. The van der Waals surface area contributed by atoms with Crippen LogP contribution in [0.1, 0.15) is 36.3 Å². The summed E-state index contributed by atoms with van der Waals surface area (Å²) in [5, 5.41) is 22.9. The highest BCUT2D eigenvalue weighted by atomic mass is 16.5. The molecule has 1 aliphatic carbocycles. The van der Waals surface area contributed by atoms with Gasteiger partial charge in [-0.05, 0) is 35.1 Å². The van der Waals surface area contributed by atoms with Gasteiger partial charge in [-0.1, -0.05) is 48.5 Å². The molecule has 178 valence electrons. The second kappa shape index (κ2) is 11.8. The van der Waals surface area contributed by atoms with E-state index in [1.165, 1.54) is 7.11 Å². The van der Waals surface area contributed by atoms with E-state index in [1.807, 2.05) is 54.6 Å². The number of benzene rings is 2. The van der Waals surface area contributed by atoms with Crippen LogP contribution in [0, 0.1) is 11.3 Å². The first-order valence-electron chi connectivity index (χ1n) is 11.0. The average molecular weight is 466 g/mol. The molecule has 1 aliphatic rings. The van der Waals surface area contributed by atoms with Crippen molar-refractivity contribution in [1.29, 1.82) is 5.26 Å². The number of alkyl carbamates (subject to hydrolysis) is 1. The van der Waals surface area contributed by atoms with Crippen LogP contribution in [0.25, 0.3) is 11.1 Å². The van der Waals surface area contributed by atoms with Crippen LogP contribution in [0.3, 0.4) is 0 Å². The molecule has 0 aliphatic heterocycles. The Kier molecular flexibility index (Phi) is 8.60. The van der Waals surface area contributed by atoms with Gasteiger partial charge in [-0.3, -0.25) is 4.79 Å². The van der Waals surface area contributed by atoms with E-state index in [2.05, 4.69) is 10.6 Å². The number of methoxy groups -OCH3 is 1. The summed E-state index contributed by atoms with van der Waals surface area (Å²) in [4.78, 5) is 36.3. The predicted octanol–water partition coefficient (Wildman–Crippen LogP) is 2.80. The highest BCUT2D eigenvalue weighted by molar-refractivity contribution is 5.86. The van der Waals surface area contributed by atoms with Gasteiger partial charge in [0.1, 0.15) is 12.6 Å². The van der Waals surface area contributed by atoms with Gasteiger partial charge in [0.25, 0.3) is 0 Å². The minimum Gasteiger partial charge on any atom is -0.479 e. The molecule has 0 fully saturated rings. The molecular weight excluding hydrogens is 438 g/mol. The lowest BCUT2D eigenvalue weighted by Crippen LogP contribution is -2.49. The Balaban J connectivity index is 1.62. The van der Waals surface area contributed by atoms with Crippen LogP contribution in [-0.4, -0.2) is 55.5 Å². The molecule has 3 rings (SSSR count). The molecule has 0 bridgehead atoms. The van der Waals surface area contributed by atoms with Crippen molar-refractivity contribution in [3.8, 4) is 17.2 Å². The van der Waals surface area contributed by atoms with Crippen molar-refractivity contribution in [3.05, 3.63) is 59.7 Å². The van der Waals surface area contributed by atoms with E-state index in [4.69, 9.17) is 19.8 Å². The Morgan fingerprint density at radius 1 is 1.09 bits per heavy atom. The third kappa shape index (κ3) is 5.91. The summed E-state index contributed by atoms with van der Waals surface area (Å²) in [5.74, 6) is -1.91. The van der Waals surface area contributed by atoms with Crippen LogP contribution in [0.5, 0.6) is 0 Å². The largest absolute Gasteiger partial charge is 0.479 e. The molecule has 2 unspecified atom stereocenters. The number of hydrogen-bond acceptors (Lipinski definition) is 6. The first-order valence-corrected chi connectivity index (χ1v) is 11.0. The summed E-state index contributed by atoms with van der Waals surface area (Å²) in [6.45, 7) is -0.164. The summed E-state index contributed by atoms with van der Waals surface area (Å²) < 4.78 is 10.3.